The molecule has 8 fully saturated rings. The van der Waals surface area contributed by atoms with Gasteiger partial charge in [0.2, 0.25) is 0 Å². The molecule has 4 aliphatic carbocycles. The number of fused-ring (bicyclic) bond motifs is 5. The SMILES string of the molecule is CO[C@H]1C[C@H](O[C@H]2CC[C@@]3(C)C(=CC[C@]4(O)[C@@H]3C[C@@H](O)[C@]3(C)[C@H](C(C)=O)C[C@@H](O)[C@@]34O)C2)O[C@H](C)[C@H]1O[C@H]1C[C@H](OC)[C@H](O[C@H]2C[C@H](O)[C@H](O[C@H]3C[C@@H](OC)[C@H](O[C@@H]4O[C@H](CO)[C@@H](O)[C@@H](O)[C@H]4O)[C@@H](C)O3)[C@@H](C)O2)[C@@H](C)O1. The molecule has 0 aromatic heterocycles. The van der Waals surface area contributed by atoms with Crippen molar-refractivity contribution in [3.63, 3.8) is 0 Å². The Bertz CT molecular complexity index is 2040. The molecule has 0 aromatic rings. The minimum atomic E-state index is -2.09. The number of aliphatic hydroxyl groups excluding tert-OH is 7. The molecule has 0 aromatic carbocycles. The number of carbonyl (C=O) groups excluding carboxylic acids is 1. The van der Waals surface area contributed by atoms with Gasteiger partial charge < -0.3 is 108 Å². The van der Waals surface area contributed by atoms with Crippen LogP contribution in [0.25, 0.3) is 0 Å². The molecule has 23 heteroatoms. The molecule has 77 heavy (non-hydrogen) atoms. The summed E-state index contributed by atoms with van der Waals surface area (Å²) in [6.07, 6.45) is -15.8. The number of hydrogen-bond donors (Lipinski definition) is 9. The maximum Gasteiger partial charge on any atom is 0.187 e. The Morgan fingerprint density at radius 3 is 1.62 bits per heavy atom. The van der Waals surface area contributed by atoms with E-state index in [4.69, 9.17) is 61.6 Å². The highest BCUT2D eigenvalue weighted by atomic mass is 16.8. The summed E-state index contributed by atoms with van der Waals surface area (Å²) in [4.78, 5) is 12.8. The summed E-state index contributed by atoms with van der Waals surface area (Å²) in [6, 6.07) is 0. The van der Waals surface area contributed by atoms with Crippen LogP contribution in [0, 0.1) is 22.7 Å². The Morgan fingerprint density at radius 2 is 1.12 bits per heavy atom. The molecule has 0 spiro atoms. The Labute approximate surface area is 450 Å². The van der Waals surface area contributed by atoms with Crippen molar-refractivity contribution < 1.29 is 112 Å². The smallest absolute Gasteiger partial charge is 0.187 e. The van der Waals surface area contributed by atoms with Crippen molar-refractivity contribution in [2.45, 2.75) is 271 Å². The van der Waals surface area contributed by atoms with E-state index in [0.29, 0.717) is 32.1 Å². The van der Waals surface area contributed by atoms with E-state index >= 15 is 0 Å². The highest BCUT2D eigenvalue weighted by Gasteiger charge is 2.79. The van der Waals surface area contributed by atoms with Crippen LogP contribution in [0.3, 0.4) is 0 Å². The number of hydrogen-bond acceptors (Lipinski definition) is 23. The van der Waals surface area contributed by atoms with Crippen molar-refractivity contribution in [2.75, 3.05) is 27.9 Å². The molecule has 9 rings (SSSR count). The predicted octanol–water partition coefficient (Wildman–Crippen LogP) is -0.00280. The normalized spacial score (nSPS) is 54.2. The van der Waals surface area contributed by atoms with Crippen LogP contribution in [0.15, 0.2) is 11.6 Å². The molecule has 23 nitrogen and oxygen atoms in total. The molecule has 3 saturated carbocycles. The maximum absolute atomic E-state index is 12.8. The number of ether oxygens (including phenoxy) is 13. The Balaban J connectivity index is 0.751. The lowest BCUT2D eigenvalue weighted by Crippen LogP contribution is -2.78. The van der Waals surface area contributed by atoms with E-state index in [9.17, 15) is 50.8 Å². The summed E-state index contributed by atoms with van der Waals surface area (Å²) in [5.74, 6) is -1.59. The molecular formula is C54H88O23. The molecule has 30 atom stereocenters. The van der Waals surface area contributed by atoms with Crippen LogP contribution in [-0.2, 0) is 66.4 Å². The van der Waals surface area contributed by atoms with Crippen molar-refractivity contribution in [2.24, 2.45) is 22.7 Å². The van der Waals surface area contributed by atoms with Gasteiger partial charge in [-0.15, -0.1) is 0 Å². The predicted molar refractivity (Wildman–Crippen MR) is 264 cm³/mol. The van der Waals surface area contributed by atoms with Gasteiger partial charge in [0.05, 0.1) is 73.8 Å². The number of carbonyl (C=O) groups is 1. The summed E-state index contributed by atoms with van der Waals surface area (Å²) in [5, 5.41) is 100. The van der Waals surface area contributed by atoms with Gasteiger partial charge in [-0.25, -0.2) is 0 Å². The van der Waals surface area contributed by atoms with Crippen molar-refractivity contribution in [3.05, 3.63) is 11.6 Å². The van der Waals surface area contributed by atoms with Crippen LogP contribution in [-0.4, -0.2) is 238 Å². The third-order valence-corrected chi connectivity index (χ3v) is 19.8. The van der Waals surface area contributed by atoms with E-state index in [1.54, 1.807) is 35.0 Å². The van der Waals surface area contributed by atoms with Gasteiger partial charge in [-0.3, -0.25) is 4.79 Å². The zero-order chi connectivity index (χ0) is 55.8. The Morgan fingerprint density at radius 1 is 0.623 bits per heavy atom. The molecule has 0 radical (unpaired) electrons. The van der Waals surface area contributed by atoms with Gasteiger partial charge in [-0.1, -0.05) is 25.5 Å². The van der Waals surface area contributed by atoms with Gasteiger partial charge in [0, 0.05) is 64.3 Å². The highest BCUT2D eigenvalue weighted by Crippen LogP contribution is 2.69. The lowest BCUT2D eigenvalue weighted by Gasteiger charge is -2.66. The molecular weight excluding hydrogens is 1020 g/mol. The van der Waals surface area contributed by atoms with Gasteiger partial charge in [-0.05, 0) is 78.6 Å². The second kappa shape index (κ2) is 23.3. The largest absolute Gasteiger partial charge is 0.394 e. The molecule has 5 saturated heterocycles. The molecule has 442 valence electrons. The third kappa shape index (κ3) is 10.6. The minimum absolute atomic E-state index is 0.0233. The van der Waals surface area contributed by atoms with Crippen LogP contribution >= 0.6 is 0 Å². The van der Waals surface area contributed by atoms with Gasteiger partial charge in [0.25, 0.3) is 0 Å². The first kappa shape index (κ1) is 60.1. The van der Waals surface area contributed by atoms with Crippen LogP contribution in [0.4, 0.5) is 0 Å². The monoisotopic (exact) mass is 1100 g/mol. The fourth-order valence-electron chi connectivity index (χ4n) is 15.3. The zero-order valence-corrected chi connectivity index (χ0v) is 46.1. The zero-order valence-electron chi connectivity index (χ0n) is 46.1. The minimum Gasteiger partial charge on any atom is -0.394 e. The van der Waals surface area contributed by atoms with E-state index in [1.807, 2.05) is 19.9 Å². The number of aliphatic hydroxyl groups is 9. The maximum atomic E-state index is 12.8. The fraction of sp³-hybridized carbons (Fsp3) is 0.944. The average molecular weight is 1110 g/mol. The number of methoxy groups -OCH3 is 3. The average Bonchev–Trinajstić information content (AvgIpc) is 3.94. The van der Waals surface area contributed by atoms with Crippen molar-refractivity contribution in [3.8, 4) is 0 Å². The summed E-state index contributed by atoms with van der Waals surface area (Å²) < 4.78 is 80.7. The second-order valence-electron chi connectivity index (χ2n) is 24.1. The van der Waals surface area contributed by atoms with E-state index in [1.165, 1.54) is 14.0 Å². The molecule has 9 aliphatic rings. The summed E-state index contributed by atoms with van der Waals surface area (Å²) in [5.41, 5.74) is -4.80. The quantitative estimate of drug-likeness (QED) is 0.0975. The molecule has 5 heterocycles. The molecule has 5 aliphatic heterocycles. The first-order valence-corrected chi connectivity index (χ1v) is 27.8. The summed E-state index contributed by atoms with van der Waals surface area (Å²) in [6.45, 7) is 11.7. The van der Waals surface area contributed by atoms with Crippen LogP contribution < -0.4 is 0 Å². The number of Topliss-reactive ketones (excluding diaryl/α,β-unsaturated/α-hetero) is 1. The van der Waals surface area contributed by atoms with Crippen LogP contribution in [0.1, 0.15) is 113 Å². The Hall–Kier alpha value is -1.47. The van der Waals surface area contributed by atoms with E-state index in [2.05, 4.69) is 6.92 Å². The number of rotatable bonds is 15. The van der Waals surface area contributed by atoms with Crippen molar-refractivity contribution in [1.82, 2.24) is 0 Å². The highest BCUT2D eigenvalue weighted by molar-refractivity contribution is 5.80. The van der Waals surface area contributed by atoms with Crippen molar-refractivity contribution >= 4 is 5.78 Å². The molecule has 0 bridgehead atoms. The van der Waals surface area contributed by atoms with Crippen LogP contribution in [0.5, 0.6) is 0 Å². The van der Waals surface area contributed by atoms with Gasteiger partial charge >= 0.3 is 0 Å². The number of ketones is 1. The van der Waals surface area contributed by atoms with E-state index in [-0.39, 0.29) is 44.0 Å². The molecule has 9 N–H and O–H groups in total. The lowest BCUT2D eigenvalue weighted by atomic mass is 9.42. The lowest BCUT2D eigenvalue weighted by molar-refractivity contribution is -0.358. The fourth-order valence-corrected chi connectivity index (χ4v) is 15.3. The van der Waals surface area contributed by atoms with Gasteiger partial charge in [0.1, 0.15) is 65.8 Å². The third-order valence-electron chi connectivity index (χ3n) is 19.8. The van der Waals surface area contributed by atoms with E-state index in [0.717, 1.165) is 5.57 Å². The van der Waals surface area contributed by atoms with Gasteiger partial charge in [-0.2, -0.15) is 0 Å². The standard InChI is InChI=1S/C54H88O23/c1-23(56)30-16-38(59)54(64)52(30,7)37(58)21-36-51(6)13-12-29(15-28(51)11-14-53(36,54)63)72-40-18-32(65-8)48(25(3)69-40)76-42-19-33(66-9)47(26(4)70-42)75-39-17-31(57)46(24(2)68-39)74-41-20-34(67-10)49(27(5)71-41)77-50-45(62)44(61)43(60)35(22-55)73-50/h11,24-27,29-50,55,57-64H,12-22H2,1-10H3/t24-,25-,26-,27-,29+,30+,31+,32+,33+,34-,35-,36-,37-,38-,39+,40+,41+,42+,43-,44-,45-,46-,47-,48-,49-,50+,51+,52+,53+,54-/m1/s1. The summed E-state index contributed by atoms with van der Waals surface area (Å²) in [7, 11) is 4.69. The first-order valence-electron chi connectivity index (χ1n) is 27.8. The molecule has 0 unspecified atom stereocenters. The van der Waals surface area contributed by atoms with E-state index < -0.39 is 182 Å². The first-order chi connectivity index (χ1) is 36.4. The van der Waals surface area contributed by atoms with Crippen LogP contribution in [0.2, 0.25) is 0 Å². The Kier molecular flexibility index (Phi) is 18.2. The van der Waals surface area contributed by atoms with Gasteiger partial charge in [0.15, 0.2) is 31.5 Å². The second-order valence-corrected chi connectivity index (χ2v) is 24.1. The summed E-state index contributed by atoms with van der Waals surface area (Å²) >= 11 is 0. The topological polar surface area (TPSA) is 319 Å². The molecule has 0 amide bonds. The van der Waals surface area contributed by atoms with Crippen molar-refractivity contribution in [1.29, 1.82) is 0 Å².